The Balaban J connectivity index is 0.947. The van der Waals surface area contributed by atoms with Crippen molar-refractivity contribution in [1.29, 1.82) is 5.26 Å². The van der Waals surface area contributed by atoms with Gasteiger partial charge in [-0.15, -0.1) is 0 Å². The summed E-state index contributed by atoms with van der Waals surface area (Å²) in [6.07, 6.45) is 17.0. The Hall–Kier alpha value is -4.62. The zero-order valence-electron chi connectivity index (χ0n) is 30.0. The molecule has 8 aliphatic carbocycles. The van der Waals surface area contributed by atoms with Crippen LogP contribution >= 0.6 is 0 Å². The summed E-state index contributed by atoms with van der Waals surface area (Å²) in [5, 5.41) is 9.24. The molecule has 8 fully saturated rings. The molecule has 0 radical (unpaired) electrons. The van der Waals surface area contributed by atoms with Gasteiger partial charge in [-0.3, -0.25) is 0 Å². The average Bonchev–Trinajstić information content (AvgIpc) is 3.17. The van der Waals surface area contributed by atoms with Crippen LogP contribution in [0.5, 0.6) is 0 Å². The first kappa shape index (κ1) is 31.0. The van der Waals surface area contributed by atoms with E-state index in [-0.39, 0.29) is 0 Å². The van der Waals surface area contributed by atoms with E-state index in [0.29, 0.717) is 22.2 Å². The number of benzene rings is 4. The first-order valence-electron chi connectivity index (χ1n) is 20.1. The summed E-state index contributed by atoms with van der Waals surface area (Å²) < 4.78 is 0. The Bertz CT molecular complexity index is 2010. The smallest absolute Gasteiger partial charge is 0.164 e. The molecule has 8 aliphatic rings. The van der Waals surface area contributed by atoms with Gasteiger partial charge in [-0.05, 0) is 158 Å². The molecule has 0 saturated heterocycles. The van der Waals surface area contributed by atoms with Gasteiger partial charge >= 0.3 is 0 Å². The van der Waals surface area contributed by atoms with E-state index in [2.05, 4.69) is 78.9 Å². The van der Waals surface area contributed by atoms with Crippen LogP contribution in [0.15, 0.2) is 97.1 Å². The summed E-state index contributed by atoms with van der Waals surface area (Å²) >= 11 is 0. The lowest BCUT2D eigenvalue weighted by atomic mass is 9.48. The normalized spacial score (nSPS) is 32.2. The van der Waals surface area contributed by atoms with Gasteiger partial charge in [-0.2, -0.15) is 5.26 Å². The summed E-state index contributed by atoms with van der Waals surface area (Å²) in [5.41, 5.74) is 9.74. The molecule has 52 heavy (non-hydrogen) atoms. The quantitative estimate of drug-likeness (QED) is 0.179. The first-order chi connectivity index (χ1) is 25.5. The highest BCUT2D eigenvalue weighted by atomic mass is 15.0. The Morgan fingerprint density at radius 2 is 0.654 bits per heavy atom. The second kappa shape index (κ2) is 11.7. The van der Waals surface area contributed by atoms with Crippen LogP contribution in [0.1, 0.15) is 93.7 Å². The van der Waals surface area contributed by atoms with Gasteiger partial charge < -0.3 is 0 Å². The lowest BCUT2D eigenvalue weighted by molar-refractivity contribution is -0.00530. The molecule has 0 aliphatic heterocycles. The summed E-state index contributed by atoms with van der Waals surface area (Å²) in [5.74, 6) is 7.73. The van der Waals surface area contributed by atoms with Crippen LogP contribution < -0.4 is 0 Å². The van der Waals surface area contributed by atoms with Crippen molar-refractivity contribution in [1.82, 2.24) is 15.0 Å². The Kier molecular flexibility index (Phi) is 6.96. The van der Waals surface area contributed by atoms with E-state index in [0.717, 1.165) is 75.0 Å². The van der Waals surface area contributed by atoms with E-state index in [1.165, 1.54) is 88.2 Å². The van der Waals surface area contributed by atoms with Gasteiger partial charge in [-0.25, -0.2) is 15.0 Å². The predicted octanol–water partition coefficient (Wildman–Crippen LogP) is 11.3. The molecule has 4 nitrogen and oxygen atoms in total. The lowest BCUT2D eigenvalue weighted by Gasteiger charge is -2.57. The summed E-state index contributed by atoms with van der Waals surface area (Å²) in [6, 6.07) is 37.2. The predicted molar refractivity (Wildman–Crippen MR) is 206 cm³/mol. The highest BCUT2D eigenvalue weighted by Gasteiger charge is 2.52. The van der Waals surface area contributed by atoms with E-state index >= 15 is 0 Å². The minimum atomic E-state index is 0.373. The molecule has 0 unspecified atom stereocenters. The van der Waals surface area contributed by atoms with Crippen molar-refractivity contribution >= 4 is 0 Å². The molecule has 0 atom stereocenters. The Morgan fingerprint density at radius 3 is 0.962 bits per heavy atom. The first-order valence-corrected chi connectivity index (χ1v) is 20.1. The van der Waals surface area contributed by atoms with Gasteiger partial charge in [0.15, 0.2) is 17.5 Å². The van der Waals surface area contributed by atoms with Crippen LogP contribution in [-0.4, -0.2) is 15.0 Å². The maximum atomic E-state index is 9.24. The largest absolute Gasteiger partial charge is 0.208 e. The van der Waals surface area contributed by atoms with Gasteiger partial charge in [0.1, 0.15) is 0 Å². The summed E-state index contributed by atoms with van der Waals surface area (Å²) in [6.45, 7) is 0. The number of hydrogen-bond donors (Lipinski definition) is 0. The monoisotopic (exact) mass is 678 g/mol. The van der Waals surface area contributed by atoms with Gasteiger partial charge in [0.25, 0.3) is 0 Å². The minimum Gasteiger partial charge on any atom is -0.208 e. The van der Waals surface area contributed by atoms with E-state index in [9.17, 15) is 5.26 Å². The fourth-order valence-corrected chi connectivity index (χ4v) is 13.2. The van der Waals surface area contributed by atoms with Crippen LogP contribution in [0.25, 0.3) is 45.3 Å². The molecule has 258 valence electrons. The number of rotatable bonds is 6. The highest BCUT2D eigenvalue weighted by molar-refractivity contribution is 5.71. The van der Waals surface area contributed by atoms with Gasteiger partial charge in [-0.1, -0.05) is 84.9 Å². The van der Waals surface area contributed by atoms with Crippen LogP contribution in [0, 0.1) is 46.8 Å². The van der Waals surface area contributed by atoms with Gasteiger partial charge in [0.2, 0.25) is 0 Å². The molecule has 0 amide bonds. The molecule has 5 aromatic rings. The third-order valence-electron chi connectivity index (χ3n) is 14.7. The van der Waals surface area contributed by atoms with E-state index < -0.39 is 0 Å². The molecule has 8 bridgehead atoms. The zero-order chi connectivity index (χ0) is 34.4. The molecule has 4 aromatic carbocycles. The summed E-state index contributed by atoms with van der Waals surface area (Å²) in [7, 11) is 0. The number of hydrogen-bond acceptors (Lipinski definition) is 4. The molecule has 13 rings (SSSR count). The van der Waals surface area contributed by atoms with Crippen LogP contribution in [0.3, 0.4) is 0 Å². The number of aromatic nitrogens is 3. The zero-order valence-corrected chi connectivity index (χ0v) is 30.0. The maximum absolute atomic E-state index is 9.24. The minimum absolute atomic E-state index is 0.373. The third-order valence-corrected chi connectivity index (χ3v) is 14.7. The molecule has 0 N–H and O–H groups in total. The topological polar surface area (TPSA) is 62.5 Å². The molecule has 1 heterocycles. The fourth-order valence-electron chi connectivity index (χ4n) is 13.2. The Labute approximate surface area is 307 Å². The van der Waals surface area contributed by atoms with Crippen LogP contribution in [0.4, 0.5) is 0 Å². The number of nitrogens with zero attached hydrogens (tertiary/aromatic N) is 4. The van der Waals surface area contributed by atoms with Gasteiger partial charge in [0, 0.05) is 16.7 Å². The van der Waals surface area contributed by atoms with Crippen LogP contribution in [-0.2, 0) is 10.8 Å². The van der Waals surface area contributed by atoms with Crippen molar-refractivity contribution in [3.63, 3.8) is 0 Å². The second-order valence-electron chi connectivity index (χ2n) is 18.1. The van der Waals surface area contributed by atoms with Crippen molar-refractivity contribution < 1.29 is 0 Å². The summed E-state index contributed by atoms with van der Waals surface area (Å²) in [4.78, 5) is 15.4. The van der Waals surface area contributed by atoms with Crippen LogP contribution in [0.2, 0.25) is 0 Å². The molecule has 1 aromatic heterocycles. The standard InChI is InChI=1S/C48H46N4/c49-29-30-1-3-37(4-2-30)38-5-7-39(8-6-38)44-50-45(40-9-13-42(14-10-40)47-23-31-17-32(24-47)19-33(18-31)25-47)52-46(51-44)41-11-15-43(16-12-41)48-26-34-20-35(27-48)22-36(21-34)28-48/h1-16,31-36H,17-28H2. The van der Waals surface area contributed by atoms with Crippen molar-refractivity contribution in [3.8, 4) is 51.4 Å². The molecule has 4 heteroatoms. The van der Waals surface area contributed by atoms with E-state index in [1.807, 2.05) is 24.3 Å². The molecular formula is C48H46N4. The lowest BCUT2D eigenvalue weighted by Crippen LogP contribution is -2.48. The van der Waals surface area contributed by atoms with Crippen molar-refractivity contribution in [2.24, 2.45) is 35.5 Å². The Morgan fingerprint density at radius 1 is 0.385 bits per heavy atom. The number of nitriles is 1. The third kappa shape index (κ3) is 5.18. The van der Waals surface area contributed by atoms with Crippen molar-refractivity contribution in [2.45, 2.75) is 87.9 Å². The van der Waals surface area contributed by atoms with E-state index in [4.69, 9.17) is 15.0 Å². The molecular weight excluding hydrogens is 633 g/mol. The fraction of sp³-hybridized carbons (Fsp3) is 0.417. The van der Waals surface area contributed by atoms with E-state index in [1.54, 1.807) is 0 Å². The molecule has 8 saturated carbocycles. The molecule has 0 spiro atoms. The second-order valence-corrected chi connectivity index (χ2v) is 18.1. The SMILES string of the molecule is N#Cc1ccc(-c2ccc(-c3nc(-c4ccc(C56CC7CC(CC(C7)C5)C6)cc4)nc(-c4ccc(C56CC7CC(CC(C7)C5)C6)cc4)n3)cc2)cc1. The van der Waals surface area contributed by atoms with Gasteiger partial charge in [0.05, 0.1) is 11.6 Å². The van der Waals surface area contributed by atoms with Crippen molar-refractivity contribution in [2.75, 3.05) is 0 Å². The average molecular weight is 679 g/mol. The van der Waals surface area contributed by atoms with Crippen molar-refractivity contribution in [3.05, 3.63) is 114 Å². The highest BCUT2D eigenvalue weighted by Crippen LogP contribution is 2.62. The maximum Gasteiger partial charge on any atom is 0.164 e.